The summed E-state index contributed by atoms with van der Waals surface area (Å²) in [6.45, 7) is 18.3. The van der Waals surface area contributed by atoms with Crippen LogP contribution in [0.4, 0.5) is 0 Å². The Bertz CT molecular complexity index is 187. The Morgan fingerprint density at radius 1 is 0.895 bits per heavy atom. The first-order chi connectivity index (χ1) is 8.89. The van der Waals surface area contributed by atoms with Crippen molar-refractivity contribution in [2.45, 2.75) is 67.2 Å². The van der Waals surface area contributed by atoms with Gasteiger partial charge in [-0.2, -0.15) is 0 Å². The van der Waals surface area contributed by atoms with Gasteiger partial charge in [-0.05, 0) is 62.6 Å². The van der Waals surface area contributed by atoms with Crippen molar-refractivity contribution in [2.24, 2.45) is 23.0 Å². The van der Waals surface area contributed by atoms with Crippen molar-refractivity contribution in [2.75, 3.05) is 26.2 Å². The monoisotopic (exact) mass is 270 g/mol. The number of hydrogen-bond donors (Lipinski definition) is 1. The highest BCUT2D eigenvalue weighted by molar-refractivity contribution is 4.82. The van der Waals surface area contributed by atoms with Crippen molar-refractivity contribution in [1.82, 2.24) is 4.90 Å². The summed E-state index contributed by atoms with van der Waals surface area (Å²) in [6.07, 6.45) is 4.98. The Morgan fingerprint density at radius 3 is 1.58 bits per heavy atom. The Balaban J connectivity index is 4.52. The average Bonchev–Trinajstić information content (AvgIpc) is 2.38. The van der Waals surface area contributed by atoms with Crippen LogP contribution in [0.2, 0.25) is 0 Å². The van der Waals surface area contributed by atoms with E-state index in [0.717, 1.165) is 18.4 Å². The largest absolute Gasteiger partial charge is 0.330 e. The lowest BCUT2D eigenvalue weighted by atomic mass is 9.81. The summed E-state index contributed by atoms with van der Waals surface area (Å²) in [5.74, 6) is 1.58. The van der Waals surface area contributed by atoms with Crippen LogP contribution in [0.25, 0.3) is 0 Å². The molecule has 0 aliphatic heterocycles. The summed E-state index contributed by atoms with van der Waals surface area (Å²) in [4.78, 5) is 2.67. The summed E-state index contributed by atoms with van der Waals surface area (Å²) in [5.41, 5.74) is 6.39. The topological polar surface area (TPSA) is 29.3 Å². The van der Waals surface area contributed by atoms with E-state index in [9.17, 15) is 0 Å². The zero-order chi connectivity index (χ0) is 14.9. The summed E-state index contributed by atoms with van der Waals surface area (Å²) in [6, 6.07) is 0. The van der Waals surface area contributed by atoms with Crippen LogP contribution in [0.1, 0.15) is 67.2 Å². The third kappa shape index (κ3) is 7.94. The lowest BCUT2D eigenvalue weighted by Crippen LogP contribution is -2.43. The normalized spacial score (nSPS) is 12.9. The minimum absolute atomic E-state index is 0.327. The predicted octanol–water partition coefficient (Wildman–Crippen LogP) is 4.15. The summed E-state index contributed by atoms with van der Waals surface area (Å²) >= 11 is 0. The third-order valence-electron chi connectivity index (χ3n) is 4.54. The molecule has 0 fully saturated rings. The summed E-state index contributed by atoms with van der Waals surface area (Å²) in [7, 11) is 0. The van der Waals surface area contributed by atoms with Crippen LogP contribution in [-0.2, 0) is 0 Å². The molecule has 0 radical (unpaired) electrons. The second kappa shape index (κ2) is 9.77. The number of nitrogens with two attached hydrogens (primary N) is 1. The molecule has 19 heavy (non-hydrogen) atoms. The number of hydrogen-bond acceptors (Lipinski definition) is 2. The molecule has 0 heterocycles. The molecule has 0 saturated carbocycles. The van der Waals surface area contributed by atoms with Crippen LogP contribution in [-0.4, -0.2) is 31.1 Å². The summed E-state index contributed by atoms with van der Waals surface area (Å²) < 4.78 is 0. The molecular formula is C17H38N2. The maximum absolute atomic E-state index is 6.06. The average molecular weight is 271 g/mol. The second-order valence-electron chi connectivity index (χ2n) is 7.05. The SMILES string of the molecule is CCC(CC)(CN)CN(CCC(C)C)CCC(C)C. The molecule has 2 nitrogen and oxygen atoms in total. The fraction of sp³-hybridized carbons (Fsp3) is 1.00. The predicted molar refractivity (Wildman–Crippen MR) is 87.4 cm³/mol. The van der Waals surface area contributed by atoms with Crippen molar-refractivity contribution >= 4 is 0 Å². The van der Waals surface area contributed by atoms with E-state index in [-0.39, 0.29) is 0 Å². The van der Waals surface area contributed by atoms with E-state index in [2.05, 4.69) is 46.4 Å². The van der Waals surface area contributed by atoms with Crippen molar-refractivity contribution in [3.8, 4) is 0 Å². The zero-order valence-corrected chi connectivity index (χ0v) is 14.3. The van der Waals surface area contributed by atoms with Gasteiger partial charge in [-0.25, -0.2) is 0 Å². The lowest BCUT2D eigenvalue weighted by Gasteiger charge is -2.37. The van der Waals surface area contributed by atoms with E-state index >= 15 is 0 Å². The Labute approximate surface area is 122 Å². The molecule has 0 spiro atoms. The van der Waals surface area contributed by atoms with Gasteiger partial charge in [-0.3, -0.25) is 0 Å². The van der Waals surface area contributed by atoms with E-state index in [1.807, 2.05) is 0 Å². The van der Waals surface area contributed by atoms with Gasteiger partial charge in [-0.1, -0.05) is 41.5 Å². The van der Waals surface area contributed by atoms with Crippen molar-refractivity contribution in [3.05, 3.63) is 0 Å². The second-order valence-corrected chi connectivity index (χ2v) is 7.05. The minimum atomic E-state index is 0.327. The quantitative estimate of drug-likeness (QED) is 0.611. The summed E-state index contributed by atoms with van der Waals surface area (Å²) in [5, 5.41) is 0. The van der Waals surface area contributed by atoms with Gasteiger partial charge < -0.3 is 10.6 Å². The van der Waals surface area contributed by atoms with Gasteiger partial charge in [0.15, 0.2) is 0 Å². The fourth-order valence-corrected chi connectivity index (χ4v) is 2.45. The van der Waals surface area contributed by atoms with Gasteiger partial charge in [0.05, 0.1) is 0 Å². The molecule has 0 aliphatic rings. The smallest absolute Gasteiger partial charge is 0.00499 e. The zero-order valence-electron chi connectivity index (χ0n) is 14.3. The number of rotatable bonds is 11. The lowest BCUT2D eigenvalue weighted by molar-refractivity contribution is 0.133. The molecule has 0 aromatic rings. The van der Waals surface area contributed by atoms with Gasteiger partial charge in [0.2, 0.25) is 0 Å². The Hall–Kier alpha value is -0.0800. The van der Waals surface area contributed by atoms with Gasteiger partial charge in [-0.15, -0.1) is 0 Å². The Morgan fingerprint density at radius 2 is 1.32 bits per heavy atom. The highest BCUT2D eigenvalue weighted by Crippen LogP contribution is 2.26. The maximum Gasteiger partial charge on any atom is 0.00499 e. The van der Waals surface area contributed by atoms with E-state index in [1.165, 1.54) is 45.3 Å². The van der Waals surface area contributed by atoms with Gasteiger partial charge in [0.25, 0.3) is 0 Å². The molecule has 0 amide bonds. The molecule has 2 N–H and O–H groups in total. The van der Waals surface area contributed by atoms with Crippen molar-refractivity contribution < 1.29 is 0 Å². The van der Waals surface area contributed by atoms with Crippen LogP contribution >= 0.6 is 0 Å². The first kappa shape index (κ1) is 18.9. The van der Waals surface area contributed by atoms with Crippen LogP contribution in [0, 0.1) is 17.3 Å². The molecule has 0 aromatic carbocycles. The molecule has 0 saturated heterocycles. The third-order valence-corrected chi connectivity index (χ3v) is 4.54. The van der Waals surface area contributed by atoms with Crippen molar-refractivity contribution in [1.29, 1.82) is 0 Å². The first-order valence-electron chi connectivity index (χ1n) is 8.31. The molecule has 0 bridgehead atoms. The van der Waals surface area contributed by atoms with E-state index in [0.29, 0.717) is 5.41 Å². The van der Waals surface area contributed by atoms with Gasteiger partial charge >= 0.3 is 0 Å². The van der Waals surface area contributed by atoms with Crippen LogP contribution in [0.15, 0.2) is 0 Å². The molecule has 0 rings (SSSR count). The molecule has 2 heteroatoms. The number of nitrogens with zero attached hydrogens (tertiary/aromatic N) is 1. The highest BCUT2D eigenvalue weighted by atomic mass is 15.1. The fourth-order valence-electron chi connectivity index (χ4n) is 2.45. The minimum Gasteiger partial charge on any atom is -0.330 e. The van der Waals surface area contributed by atoms with Crippen molar-refractivity contribution in [3.63, 3.8) is 0 Å². The van der Waals surface area contributed by atoms with Crippen LogP contribution in [0.3, 0.4) is 0 Å². The first-order valence-corrected chi connectivity index (χ1v) is 8.31. The molecule has 0 aliphatic carbocycles. The molecule has 0 unspecified atom stereocenters. The Kier molecular flexibility index (Phi) is 9.72. The molecule has 0 aromatic heterocycles. The van der Waals surface area contributed by atoms with E-state index < -0.39 is 0 Å². The van der Waals surface area contributed by atoms with Crippen LogP contribution in [0.5, 0.6) is 0 Å². The van der Waals surface area contributed by atoms with Gasteiger partial charge in [0.1, 0.15) is 0 Å². The standard InChI is InChI=1S/C17H38N2/c1-7-17(8-2,13-18)14-19(11-9-15(3)4)12-10-16(5)6/h15-16H,7-14,18H2,1-6H3. The van der Waals surface area contributed by atoms with Gasteiger partial charge in [0, 0.05) is 6.54 Å². The molecular weight excluding hydrogens is 232 g/mol. The maximum atomic E-state index is 6.06. The highest BCUT2D eigenvalue weighted by Gasteiger charge is 2.27. The molecule has 116 valence electrons. The van der Waals surface area contributed by atoms with E-state index in [4.69, 9.17) is 5.73 Å². The van der Waals surface area contributed by atoms with E-state index in [1.54, 1.807) is 0 Å². The van der Waals surface area contributed by atoms with Crippen LogP contribution < -0.4 is 5.73 Å². The molecule has 0 atom stereocenters.